The third-order valence-corrected chi connectivity index (χ3v) is 31.9. The van der Waals surface area contributed by atoms with Crippen LogP contribution in [0, 0.1) is 13.8 Å². The Morgan fingerprint density at radius 3 is 1.31 bits per heavy atom. The zero-order valence-electron chi connectivity index (χ0n) is 73.7. The van der Waals surface area contributed by atoms with Gasteiger partial charge in [0.05, 0.1) is 71.3 Å². The van der Waals surface area contributed by atoms with E-state index in [0.29, 0.717) is 136 Å². The van der Waals surface area contributed by atoms with Crippen molar-refractivity contribution in [1.82, 2.24) is 58.3 Å². The van der Waals surface area contributed by atoms with Crippen molar-refractivity contribution < 1.29 is 56.5 Å². The summed E-state index contributed by atoms with van der Waals surface area (Å²) in [6.07, 6.45) is 12.5. The number of amides is 3. The van der Waals surface area contributed by atoms with Crippen LogP contribution in [0.2, 0.25) is 15.1 Å². The molecular formula is C97H85Cl3N20O13S5. The molecule has 0 bridgehead atoms. The number of para-hydroxylation sites is 2. The van der Waals surface area contributed by atoms with Crippen molar-refractivity contribution in [2.75, 3.05) is 97.3 Å². The van der Waals surface area contributed by atoms with Crippen LogP contribution < -0.4 is 52.1 Å². The highest BCUT2D eigenvalue weighted by Gasteiger charge is 2.36. The van der Waals surface area contributed by atoms with Gasteiger partial charge in [0.25, 0.3) is 27.7 Å². The molecule has 3 amide bonds. The number of sulfonamides is 1. The summed E-state index contributed by atoms with van der Waals surface area (Å²) in [5.74, 6) is -0.0923. The zero-order chi connectivity index (χ0) is 96.8. The van der Waals surface area contributed by atoms with E-state index in [0.717, 1.165) is 90.1 Å². The molecule has 0 atom stereocenters. The van der Waals surface area contributed by atoms with Crippen molar-refractivity contribution >= 4 is 192 Å². The minimum atomic E-state index is -4.11. The third kappa shape index (κ3) is 21.5. The van der Waals surface area contributed by atoms with Gasteiger partial charge in [0.2, 0.25) is 0 Å². The summed E-state index contributed by atoms with van der Waals surface area (Å²) in [4.78, 5) is 74.1. The lowest BCUT2D eigenvalue weighted by Gasteiger charge is -2.28. The van der Waals surface area contributed by atoms with Gasteiger partial charge >= 0.3 is 40.8 Å². The van der Waals surface area contributed by atoms with Crippen molar-refractivity contribution in [3.8, 4) is 45.3 Å². The number of aromatic nitrogens is 8. The Balaban J connectivity index is 0.000000127. The first-order valence-corrected chi connectivity index (χ1v) is 51.4. The topological polar surface area (TPSA) is 425 Å². The monoisotopic (exact) mass is 2000 g/mol. The Bertz CT molecular complexity index is 7820. The van der Waals surface area contributed by atoms with Crippen molar-refractivity contribution in [2.45, 2.75) is 38.0 Å². The summed E-state index contributed by atoms with van der Waals surface area (Å²) in [5, 5.41) is 13.1. The molecule has 16 aromatic rings. The molecule has 4 saturated heterocycles. The SMILES string of the molecule is CN1CCN(c2ccc(S(=O)(=O)Nc3ccc(Cl)c(-c4ncc5ccccc5n4)c3)c(Cl)c2)S1(=O)=O.Cc1ccc(NC(=O)c2ccc(N3CCCNS3(=O)=O)cc2)cc1-c1ccc2cnccc2n1.Cc1ccc(NC(=O)c2ccc(N3CCCNS3(=O)=O)cc2)cc1-c1nccc2ncccc12.O=C(Nc1ccc(Cl)c(-c2ncc3ccccc3n2)c1)c1ccc(N2CCCNS2(=O)=O)cc1. The number of hydrogen-bond acceptors (Lipinski definition) is 21. The number of aryl methyl sites for hydroxylation is 2. The molecule has 10 aromatic carbocycles. The lowest BCUT2D eigenvalue weighted by atomic mass is 10.0. The minimum Gasteiger partial charge on any atom is -0.322 e. The van der Waals surface area contributed by atoms with Crippen LogP contribution in [-0.4, -0.2) is 163 Å². The first-order valence-electron chi connectivity index (χ1n) is 43.1. The first-order chi connectivity index (χ1) is 66.3. The molecule has 0 unspecified atom stereocenters. The van der Waals surface area contributed by atoms with Gasteiger partial charge in [-0.1, -0.05) is 83.3 Å². The van der Waals surface area contributed by atoms with E-state index < -0.39 is 50.9 Å². The normalized spacial score (nSPS) is 15.4. The van der Waals surface area contributed by atoms with Crippen LogP contribution >= 0.6 is 34.8 Å². The fraction of sp³-hybridized carbons (Fsp3) is 0.144. The van der Waals surface area contributed by atoms with Gasteiger partial charge in [-0.05, 0) is 244 Å². The maximum absolute atomic E-state index is 13.1. The molecule has 41 heteroatoms. The number of fused-ring (bicyclic) bond motifs is 4. The molecule has 33 nitrogen and oxygen atoms in total. The number of likely N-dealkylation sites (N-methyl/N-ethyl adjacent to an activating group) is 1. The van der Waals surface area contributed by atoms with E-state index in [1.165, 1.54) is 52.8 Å². The smallest absolute Gasteiger partial charge is 0.303 e. The largest absolute Gasteiger partial charge is 0.322 e. The fourth-order valence-corrected chi connectivity index (χ4v) is 22.9. The van der Waals surface area contributed by atoms with E-state index in [-0.39, 0.29) is 45.6 Å². The minimum absolute atomic E-state index is 0.114. The summed E-state index contributed by atoms with van der Waals surface area (Å²) < 4.78 is 141. The maximum Gasteiger partial charge on any atom is 0.303 e. The number of rotatable bonds is 17. The van der Waals surface area contributed by atoms with Crippen LogP contribution in [0.15, 0.2) is 291 Å². The molecule has 7 N–H and O–H groups in total. The van der Waals surface area contributed by atoms with Gasteiger partial charge in [-0.3, -0.25) is 51.3 Å². The highest BCUT2D eigenvalue weighted by molar-refractivity contribution is 7.93. The molecule has 138 heavy (non-hydrogen) atoms. The molecule has 4 aliphatic rings. The van der Waals surface area contributed by atoms with Crippen molar-refractivity contribution in [2.24, 2.45) is 0 Å². The molecule has 4 aliphatic heterocycles. The summed E-state index contributed by atoms with van der Waals surface area (Å²) in [6, 6.07) is 71.3. The van der Waals surface area contributed by atoms with Gasteiger partial charge in [0, 0.05) is 180 Å². The molecule has 702 valence electrons. The van der Waals surface area contributed by atoms with Gasteiger partial charge in [0.1, 0.15) is 4.90 Å². The van der Waals surface area contributed by atoms with E-state index in [2.05, 4.69) is 69.7 Å². The number of carbonyl (C=O) groups excluding carboxylic acids is 3. The molecule has 20 rings (SSSR count). The molecule has 0 saturated carbocycles. The molecule has 0 aliphatic carbocycles. The van der Waals surface area contributed by atoms with Crippen LogP contribution in [0.5, 0.6) is 0 Å². The maximum atomic E-state index is 13.1. The lowest BCUT2D eigenvalue weighted by molar-refractivity contribution is 0.101. The first kappa shape index (κ1) is 95.6. The van der Waals surface area contributed by atoms with Crippen LogP contribution in [-0.2, 0) is 50.9 Å². The molecule has 4 fully saturated rings. The third-order valence-electron chi connectivity index (χ3n) is 22.8. The number of benzene rings is 10. The average molecular weight is 2010 g/mol. The van der Waals surface area contributed by atoms with Crippen LogP contribution in [0.4, 0.5) is 45.5 Å². The van der Waals surface area contributed by atoms with Crippen molar-refractivity contribution in [3.05, 3.63) is 329 Å². The molecule has 6 aromatic heterocycles. The molecule has 10 heterocycles. The number of nitrogens with zero attached hydrogens (tertiary/aromatic N) is 13. The van der Waals surface area contributed by atoms with Gasteiger partial charge in [-0.15, -0.1) is 0 Å². The van der Waals surface area contributed by atoms with E-state index in [1.54, 1.807) is 140 Å². The number of pyridine rings is 4. The second-order valence-corrected chi connectivity index (χ2v) is 41.9. The second-order valence-electron chi connectivity index (χ2n) is 32.0. The van der Waals surface area contributed by atoms with Gasteiger partial charge < -0.3 is 16.0 Å². The Kier molecular flexibility index (Phi) is 28.2. The Morgan fingerprint density at radius 1 is 0.377 bits per heavy atom. The van der Waals surface area contributed by atoms with Gasteiger partial charge in [0.15, 0.2) is 11.6 Å². The fourth-order valence-electron chi connectivity index (χ4n) is 15.6. The number of nitrogens with one attached hydrogen (secondary N) is 7. The van der Waals surface area contributed by atoms with E-state index >= 15 is 0 Å². The van der Waals surface area contributed by atoms with Gasteiger partial charge in [-0.25, -0.2) is 33.3 Å². The quantitative estimate of drug-likeness (QED) is 0.0445. The van der Waals surface area contributed by atoms with E-state index in [9.17, 15) is 56.5 Å². The van der Waals surface area contributed by atoms with Gasteiger partial charge in [-0.2, -0.15) is 52.1 Å². The highest BCUT2D eigenvalue weighted by Crippen LogP contribution is 2.38. The second kappa shape index (κ2) is 40.7. The van der Waals surface area contributed by atoms with Crippen molar-refractivity contribution in [3.63, 3.8) is 0 Å². The predicted molar refractivity (Wildman–Crippen MR) is 540 cm³/mol. The summed E-state index contributed by atoms with van der Waals surface area (Å²) in [7, 11) is -16.9. The summed E-state index contributed by atoms with van der Waals surface area (Å²) in [6.45, 7) is 7.06. The number of hydrogen-bond donors (Lipinski definition) is 7. The molecule has 0 spiro atoms. The highest BCUT2D eigenvalue weighted by atomic mass is 35.5. The number of anilines is 8. The number of carbonyl (C=O) groups is 3. The summed E-state index contributed by atoms with van der Waals surface area (Å²) in [5.41, 5.74) is 15.0. The van der Waals surface area contributed by atoms with E-state index in [4.69, 9.17) is 39.8 Å². The number of halogens is 3. The Hall–Kier alpha value is -14.1. The Morgan fingerprint density at radius 2 is 0.819 bits per heavy atom. The van der Waals surface area contributed by atoms with Crippen LogP contribution in [0.3, 0.4) is 0 Å². The zero-order valence-corrected chi connectivity index (χ0v) is 80.1. The molecular weight excluding hydrogens is 1920 g/mol. The predicted octanol–water partition coefficient (Wildman–Crippen LogP) is 16.5. The summed E-state index contributed by atoms with van der Waals surface area (Å²) >= 11 is 19.1. The van der Waals surface area contributed by atoms with E-state index in [1.807, 2.05) is 135 Å². The molecule has 0 radical (unpaired) electrons. The lowest BCUT2D eigenvalue weighted by Crippen LogP contribution is -2.47. The van der Waals surface area contributed by atoms with Crippen molar-refractivity contribution in [1.29, 1.82) is 0 Å². The Labute approximate surface area is 810 Å². The average Bonchev–Trinajstić information content (AvgIpc) is 1.32. The van der Waals surface area contributed by atoms with Crippen LogP contribution in [0.1, 0.15) is 61.5 Å². The van der Waals surface area contributed by atoms with Crippen LogP contribution in [0.25, 0.3) is 88.9 Å². The standard InChI is InChI=1S/2C25H23N5O3S.C24H20ClN5O3S.C23H19Cl2N5O4S2/c1-17-3-7-20(15-22(17)24-10-6-19-16-26-13-11-23(19)29-24)28-25(31)18-4-8-21(9-5-18)30-14-2-12-27-34(30,32)33;1-17-5-8-19(16-22(17)24-21-4-2-12-26-23(21)11-14-27-24)29-25(31)18-6-9-20(10-7-18)30-15-3-13-28-34(30,32)33;25-21-11-8-18(14-20(21)23-26-15-17-4-1-2-5-22(17)29-23)28-24(31)16-6-9-19(10-7-16)30-13-3-12-27-34(30,32)33;1-29-10-11-30(36(29,33)34)17-7-9-22(20(25)13-17)35(31,32)28-16-6-8-19(24)18(12-16)23-26-14-15-4-2-3-5-21(15)27-23/h3-11,13,15-16,27H,2,12,14H2,1H3,(H,28,31);2,4-12,14,16,28H,3,13,15H2,1H3,(H,29,31);1-2,4-11,14-15,27H,3,12-13H2,(H,28,31);2-9,12-14,28H,10-11H2,1H3.